The molecule has 1 N–H and O–H groups in total. The molecule has 2 fully saturated rings. The van der Waals surface area contributed by atoms with Crippen LogP contribution in [0, 0.1) is 0 Å². The molecule has 0 radical (unpaired) electrons. The molecule has 0 aromatic heterocycles. The first kappa shape index (κ1) is 22.8. The molecule has 1 aliphatic carbocycles. The Labute approximate surface area is 205 Å². The summed E-state index contributed by atoms with van der Waals surface area (Å²) in [5.41, 5.74) is 6.00. The highest BCUT2D eigenvalue weighted by Crippen LogP contribution is 2.48. The van der Waals surface area contributed by atoms with E-state index in [9.17, 15) is 4.79 Å². The van der Waals surface area contributed by atoms with Crippen molar-refractivity contribution in [3.8, 4) is 0 Å². The number of carbonyl (C=O) groups is 1. The van der Waals surface area contributed by atoms with Gasteiger partial charge < -0.3 is 14.8 Å². The lowest BCUT2D eigenvalue weighted by Gasteiger charge is -2.42. The molecule has 2 aromatic carbocycles. The summed E-state index contributed by atoms with van der Waals surface area (Å²) in [5.74, 6) is -1.06. The number of benzene rings is 2. The average Bonchev–Trinajstić information content (AvgIpc) is 3.39. The quantitative estimate of drug-likeness (QED) is 0.447. The van der Waals surface area contributed by atoms with E-state index in [2.05, 4.69) is 51.2 Å². The predicted molar refractivity (Wildman–Crippen MR) is 137 cm³/mol. The normalized spacial score (nSPS) is 24.1. The van der Waals surface area contributed by atoms with E-state index in [0.29, 0.717) is 22.4 Å². The fourth-order valence-corrected chi connectivity index (χ4v) is 6.12. The van der Waals surface area contributed by atoms with E-state index in [-0.39, 0.29) is 16.7 Å². The molecule has 0 unspecified atom stereocenters. The van der Waals surface area contributed by atoms with Crippen LogP contribution < -0.4 is 5.32 Å². The summed E-state index contributed by atoms with van der Waals surface area (Å²) in [6.45, 7) is 10.4. The molecule has 33 heavy (non-hydrogen) atoms. The zero-order valence-corrected chi connectivity index (χ0v) is 21.1. The molecule has 0 atom stereocenters. The number of carbonyl (C=O) groups excluding carboxylic acids is 1. The van der Waals surface area contributed by atoms with Gasteiger partial charge in [0.1, 0.15) is 4.32 Å². The number of fused-ring (bicyclic) bond motifs is 1. The fourth-order valence-electron chi connectivity index (χ4n) is 5.08. The van der Waals surface area contributed by atoms with E-state index >= 15 is 0 Å². The highest BCUT2D eigenvalue weighted by atomic mass is 32.2. The van der Waals surface area contributed by atoms with E-state index in [1.165, 1.54) is 29.3 Å². The average molecular weight is 480 g/mol. The molecule has 6 heteroatoms. The highest BCUT2D eigenvalue weighted by molar-refractivity contribution is 8.26. The SMILES string of the molecule is CC1(C)CCC(C)(C)c2cc(C3(c4ccc(/C=C5\SC(=S)NC5=O)cc4)OCCO3)ccc21. The molecular formula is C27H29NO3S2. The van der Waals surface area contributed by atoms with Gasteiger partial charge in [0.25, 0.3) is 5.91 Å². The number of hydrogen-bond donors (Lipinski definition) is 1. The number of ether oxygens (including phenoxy) is 2. The van der Waals surface area contributed by atoms with E-state index in [4.69, 9.17) is 21.7 Å². The summed E-state index contributed by atoms with van der Waals surface area (Å²) < 4.78 is 13.1. The van der Waals surface area contributed by atoms with E-state index in [1.807, 2.05) is 30.3 Å². The van der Waals surface area contributed by atoms with Crippen LogP contribution in [0.2, 0.25) is 0 Å². The molecule has 4 nitrogen and oxygen atoms in total. The first-order valence-electron chi connectivity index (χ1n) is 11.4. The van der Waals surface area contributed by atoms with Gasteiger partial charge in [0.05, 0.1) is 18.1 Å². The van der Waals surface area contributed by atoms with Crippen molar-refractivity contribution in [2.45, 2.75) is 57.2 Å². The van der Waals surface area contributed by atoms with Crippen LogP contribution in [0.25, 0.3) is 6.08 Å². The number of nitrogens with one attached hydrogen (secondary N) is 1. The van der Waals surface area contributed by atoms with Gasteiger partial charge in [-0.15, -0.1) is 0 Å². The second-order valence-corrected chi connectivity index (χ2v) is 12.0. The van der Waals surface area contributed by atoms with Gasteiger partial charge in [-0.2, -0.15) is 0 Å². The second kappa shape index (κ2) is 8.05. The van der Waals surface area contributed by atoms with E-state index in [0.717, 1.165) is 23.1 Å². The van der Waals surface area contributed by atoms with Gasteiger partial charge in [0.15, 0.2) is 0 Å². The fraction of sp³-hybridized carbons (Fsp3) is 0.407. The van der Waals surface area contributed by atoms with Gasteiger partial charge >= 0.3 is 0 Å². The number of hydrogen-bond acceptors (Lipinski definition) is 5. The minimum Gasteiger partial charge on any atom is -0.340 e. The van der Waals surface area contributed by atoms with Crippen LogP contribution in [0.4, 0.5) is 0 Å². The maximum Gasteiger partial charge on any atom is 0.263 e. The number of thiocarbonyl (C=S) groups is 1. The van der Waals surface area contributed by atoms with Crippen molar-refractivity contribution in [1.29, 1.82) is 0 Å². The summed E-state index contributed by atoms with van der Waals surface area (Å²) in [5, 5.41) is 2.66. The van der Waals surface area contributed by atoms with Gasteiger partial charge in [-0.3, -0.25) is 4.79 Å². The van der Waals surface area contributed by atoms with Crippen molar-refractivity contribution in [1.82, 2.24) is 5.32 Å². The summed E-state index contributed by atoms with van der Waals surface area (Å²) >= 11 is 6.37. The van der Waals surface area contributed by atoms with Crippen molar-refractivity contribution in [2.24, 2.45) is 0 Å². The topological polar surface area (TPSA) is 47.6 Å². The van der Waals surface area contributed by atoms with Crippen molar-refractivity contribution >= 4 is 40.3 Å². The molecule has 172 valence electrons. The van der Waals surface area contributed by atoms with Crippen LogP contribution in [0.5, 0.6) is 0 Å². The smallest absolute Gasteiger partial charge is 0.263 e. The van der Waals surface area contributed by atoms with Crippen LogP contribution >= 0.6 is 24.0 Å². The van der Waals surface area contributed by atoms with Crippen molar-refractivity contribution < 1.29 is 14.3 Å². The largest absolute Gasteiger partial charge is 0.340 e. The Bertz CT molecular complexity index is 1160. The predicted octanol–water partition coefficient (Wildman–Crippen LogP) is 5.77. The monoisotopic (exact) mass is 479 g/mol. The Morgan fingerprint density at radius 2 is 1.52 bits per heavy atom. The van der Waals surface area contributed by atoms with Crippen LogP contribution in [-0.2, 0) is 30.9 Å². The van der Waals surface area contributed by atoms with Crippen LogP contribution in [0.3, 0.4) is 0 Å². The molecule has 1 amide bonds. The van der Waals surface area contributed by atoms with Gasteiger partial charge in [-0.25, -0.2) is 0 Å². The first-order chi connectivity index (χ1) is 15.6. The van der Waals surface area contributed by atoms with Crippen molar-refractivity contribution in [2.75, 3.05) is 13.2 Å². The van der Waals surface area contributed by atoms with Gasteiger partial charge in [-0.05, 0) is 52.5 Å². The molecule has 2 heterocycles. The third kappa shape index (κ3) is 3.97. The third-order valence-electron chi connectivity index (χ3n) is 7.16. The Morgan fingerprint density at radius 3 is 2.12 bits per heavy atom. The lowest BCUT2D eigenvalue weighted by molar-refractivity contribution is -0.130. The van der Waals surface area contributed by atoms with Crippen LogP contribution in [-0.4, -0.2) is 23.4 Å². The Morgan fingerprint density at radius 1 is 0.909 bits per heavy atom. The Balaban J connectivity index is 1.53. The molecule has 5 rings (SSSR count). The maximum atomic E-state index is 12.0. The van der Waals surface area contributed by atoms with Crippen LogP contribution in [0.15, 0.2) is 47.4 Å². The molecule has 0 bridgehead atoms. The molecule has 0 spiro atoms. The Kier molecular flexibility index (Phi) is 5.56. The zero-order chi connectivity index (χ0) is 23.4. The van der Waals surface area contributed by atoms with Crippen LogP contribution in [0.1, 0.15) is 68.4 Å². The third-order valence-corrected chi connectivity index (χ3v) is 8.32. The molecular weight excluding hydrogens is 450 g/mol. The van der Waals surface area contributed by atoms with Crippen molar-refractivity contribution in [3.05, 3.63) is 75.2 Å². The standard InChI is InChI=1S/C27H29NO3S2/c1-25(2)11-12-26(3,4)21-16-19(9-10-20(21)25)27(30-13-14-31-27)18-7-5-17(6-8-18)15-22-23(29)28-24(32)33-22/h5-10,15-16H,11-14H2,1-4H3,(H,28,29,32)/b22-15-. The first-order valence-corrected chi connectivity index (χ1v) is 12.6. The summed E-state index contributed by atoms with van der Waals surface area (Å²) in [6.07, 6.45) is 4.20. The van der Waals surface area contributed by atoms with Gasteiger partial charge in [-0.1, -0.05) is 88.1 Å². The Hall–Kier alpha value is -1.99. The van der Waals surface area contributed by atoms with Gasteiger partial charge in [0.2, 0.25) is 5.79 Å². The summed E-state index contributed by atoms with van der Waals surface area (Å²) in [4.78, 5) is 12.6. The minimum absolute atomic E-state index is 0.108. The van der Waals surface area contributed by atoms with Crippen molar-refractivity contribution in [3.63, 3.8) is 0 Å². The molecule has 3 aliphatic rings. The molecule has 0 saturated carbocycles. The number of thioether (sulfide) groups is 1. The lowest BCUT2D eigenvalue weighted by Crippen LogP contribution is -2.35. The summed E-state index contributed by atoms with van der Waals surface area (Å²) in [6, 6.07) is 14.8. The number of rotatable bonds is 3. The minimum atomic E-state index is -0.917. The van der Waals surface area contributed by atoms with E-state index in [1.54, 1.807) is 0 Å². The second-order valence-electron chi connectivity index (χ2n) is 10.3. The highest BCUT2D eigenvalue weighted by Gasteiger charge is 2.43. The zero-order valence-electron chi connectivity index (χ0n) is 19.5. The van der Waals surface area contributed by atoms with Gasteiger partial charge in [0, 0.05) is 11.1 Å². The lowest BCUT2D eigenvalue weighted by atomic mass is 9.62. The summed E-state index contributed by atoms with van der Waals surface area (Å²) in [7, 11) is 0. The maximum absolute atomic E-state index is 12.0. The molecule has 2 aliphatic heterocycles. The molecule has 2 saturated heterocycles. The number of amides is 1. The molecule has 2 aromatic rings. The van der Waals surface area contributed by atoms with E-state index < -0.39 is 5.79 Å².